The number of fused-ring (bicyclic) bond motifs is 2. The lowest BCUT2D eigenvalue weighted by Gasteiger charge is -2.55. The minimum absolute atomic E-state index is 0.00421. The van der Waals surface area contributed by atoms with Crippen LogP contribution in [0.5, 0.6) is 5.75 Å². The number of Topliss-reactive ketones (excluding diaryl/α,β-unsaturated/α-hetero) is 1. The highest BCUT2D eigenvalue weighted by Gasteiger charge is 2.51. The Morgan fingerprint density at radius 2 is 1.67 bits per heavy atom. The summed E-state index contributed by atoms with van der Waals surface area (Å²) in [4.78, 5) is 58.5. The van der Waals surface area contributed by atoms with Gasteiger partial charge in [0.05, 0.1) is 18.6 Å². The van der Waals surface area contributed by atoms with Crippen molar-refractivity contribution in [3.8, 4) is 16.9 Å². The van der Waals surface area contributed by atoms with E-state index in [1.165, 1.54) is 13.8 Å². The number of hydrogen-bond donors (Lipinski definition) is 1. The fourth-order valence-electron chi connectivity index (χ4n) is 7.84. The first-order valence-electron chi connectivity index (χ1n) is 19.0. The number of urea groups is 1. The van der Waals surface area contributed by atoms with E-state index in [-0.39, 0.29) is 56.7 Å². The molecule has 3 atom stereocenters. The first-order valence-corrected chi connectivity index (χ1v) is 21.0. The molecule has 1 N–H and O–H groups in total. The summed E-state index contributed by atoms with van der Waals surface area (Å²) >= 11 is 0. The molecule has 0 bridgehead atoms. The molecule has 14 heteroatoms. The summed E-state index contributed by atoms with van der Waals surface area (Å²) in [5.74, 6) is -0.203. The average Bonchev–Trinajstić information content (AvgIpc) is 3.56. The second-order valence-electron chi connectivity index (χ2n) is 14.6. The van der Waals surface area contributed by atoms with E-state index in [2.05, 4.69) is 11.9 Å². The third-order valence-corrected chi connectivity index (χ3v) is 11.9. The standard InChI is InChI=1S/C44H47N6O7P/c1-6-23-48-29-41(52)49-39(24-31-15-21-36(22-16-31)57-58(5,55)56-4)43(53)47(28-40(49)50(48)44(54)45-25-32-11-8-7-9-12-32)26-35-13-10-14-37-38(27-46(3)42(35)37)34-19-17-33(18-20-34)30(2)51/h6-22,27,39-40H,1,23-26,28-29H2,2-5H3,(H,45,54). The lowest BCUT2D eigenvalue weighted by molar-refractivity contribution is -0.189. The maximum absolute atomic E-state index is 14.8. The number of benzene rings is 4. The van der Waals surface area contributed by atoms with Crippen molar-refractivity contribution in [1.82, 2.24) is 29.7 Å². The fraction of sp³-hybridized carbons (Fsp3) is 0.273. The highest BCUT2D eigenvalue weighted by atomic mass is 31.2. The van der Waals surface area contributed by atoms with Crippen molar-refractivity contribution in [1.29, 1.82) is 0 Å². The van der Waals surface area contributed by atoms with E-state index < -0.39 is 25.8 Å². The van der Waals surface area contributed by atoms with E-state index in [9.17, 15) is 23.7 Å². The van der Waals surface area contributed by atoms with Crippen LogP contribution in [0.25, 0.3) is 22.0 Å². The van der Waals surface area contributed by atoms with Gasteiger partial charge < -0.3 is 28.7 Å². The molecule has 300 valence electrons. The van der Waals surface area contributed by atoms with Gasteiger partial charge in [-0.25, -0.2) is 19.4 Å². The molecule has 0 radical (unpaired) electrons. The highest BCUT2D eigenvalue weighted by Crippen LogP contribution is 2.43. The Kier molecular flexibility index (Phi) is 11.7. The summed E-state index contributed by atoms with van der Waals surface area (Å²) < 4.78 is 25.0. The molecular formula is C44H47N6O7P. The van der Waals surface area contributed by atoms with Crippen molar-refractivity contribution in [2.45, 2.75) is 38.6 Å². The van der Waals surface area contributed by atoms with Crippen LogP contribution in [0, 0.1) is 0 Å². The molecule has 2 aliphatic heterocycles. The van der Waals surface area contributed by atoms with Crippen molar-refractivity contribution in [2.75, 3.05) is 33.4 Å². The molecule has 0 aliphatic carbocycles. The van der Waals surface area contributed by atoms with Gasteiger partial charge in [0.1, 0.15) is 18.0 Å². The molecule has 7 rings (SSSR count). The molecule has 13 nitrogen and oxygen atoms in total. The number of aryl methyl sites for hydroxylation is 1. The third kappa shape index (κ3) is 8.33. The zero-order valence-corrected chi connectivity index (χ0v) is 33.9. The first kappa shape index (κ1) is 40.2. The Morgan fingerprint density at radius 3 is 2.34 bits per heavy atom. The summed E-state index contributed by atoms with van der Waals surface area (Å²) in [6.45, 7) is 7.45. The molecular weight excluding hydrogens is 755 g/mol. The van der Waals surface area contributed by atoms with Crippen LogP contribution in [-0.2, 0) is 45.2 Å². The number of nitrogens with zero attached hydrogens (tertiary/aromatic N) is 5. The molecule has 0 spiro atoms. The highest BCUT2D eigenvalue weighted by molar-refractivity contribution is 7.53. The summed E-state index contributed by atoms with van der Waals surface area (Å²) in [7, 11) is -0.0260. The van der Waals surface area contributed by atoms with Crippen molar-refractivity contribution in [2.24, 2.45) is 7.05 Å². The number of rotatable bonds is 13. The Balaban J connectivity index is 1.25. The van der Waals surface area contributed by atoms with E-state index in [1.54, 1.807) is 57.1 Å². The largest absolute Gasteiger partial charge is 0.425 e. The summed E-state index contributed by atoms with van der Waals surface area (Å²) in [5, 5.41) is 7.25. The minimum Gasteiger partial charge on any atom is -0.425 e. The summed E-state index contributed by atoms with van der Waals surface area (Å²) in [5.41, 5.74) is 6.05. The van der Waals surface area contributed by atoms with Gasteiger partial charge in [-0.05, 0) is 41.3 Å². The van der Waals surface area contributed by atoms with E-state index >= 15 is 0 Å². The molecule has 4 aromatic carbocycles. The maximum Gasteiger partial charge on any atom is 0.375 e. The predicted molar refractivity (Wildman–Crippen MR) is 222 cm³/mol. The molecule has 58 heavy (non-hydrogen) atoms. The molecule has 5 aromatic rings. The van der Waals surface area contributed by atoms with Gasteiger partial charge in [0.2, 0.25) is 11.8 Å². The van der Waals surface area contributed by atoms with Crippen LogP contribution < -0.4 is 9.84 Å². The SMILES string of the molecule is C=CCN1CC(=O)N2C(Cc3ccc(OP(C)(=O)OC)cc3)C(=O)N(Cc3cccc4c(-c5ccc(C(C)=O)cc5)cn(C)c34)CC2N1C(=O)NCc1ccccc1. The number of para-hydroxylation sites is 1. The second-order valence-corrected chi connectivity index (χ2v) is 16.7. The molecule has 4 amide bonds. The van der Waals surface area contributed by atoms with E-state index in [0.29, 0.717) is 11.3 Å². The van der Waals surface area contributed by atoms with Gasteiger partial charge in [-0.2, -0.15) is 0 Å². The number of carbonyl (C=O) groups is 4. The Hall–Kier alpha value is -6.01. The lowest BCUT2D eigenvalue weighted by Crippen LogP contribution is -2.76. The maximum atomic E-state index is 14.8. The number of amides is 4. The fourth-order valence-corrected chi connectivity index (χ4v) is 8.42. The van der Waals surface area contributed by atoms with Crippen LogP contribution in [0.2, 0.25) is 0 Å². The Morgan fingerprint density at radius 1 is 0.948 bits per heavy atom. The molecule has 2 saturated heterocycles. The number of aromatic nitrogens is 1. The first-order chi connectivity index (χ1) is 27.9. The van der Waals surface area contributed by atoms with Gasteiger partial charge in [0.25, 0.3) is 0 Å². The van der Waals surface area contributed by atoms with E-state index in [0.717, 1.165) is 38.7 Å². The van der Waals surface area contributed by atoms with Crippen LogP contribution in [0.3, 0.4) is 0 Å². The number of piperazine rings is 1. The van der Waals surface area contributed by atoms with Gasteiger partial charge in [-0.3, -0.25) is 14.4 Å². The third-order valence-electron chi connectivity index (χ3n) is 10.7. The van der Waals surface area contributed by atoms with Crippen LogP contribution in [0.4, 0.5) is 4.79 Å². The Labute approximate surface area is 337 Å². The van der Waals surface area contributed by atoms with Gasteiger partial charge in [-0.1, -0.05) is 91.0 Å². The minimum atomic E-state index is -3.30. The van der Waals surface area contributed by atoms with Gasteiger partial charge in [-0.15, -0.1) is 6.58 Å². The van der Waals surface area contributed by atoms with E-state index in [1.807, 2.05) is 90.6 Å². The number of carbonyl (C=O) groups excluding carboxylic acids is 4. The zero-order valence-electron chi connectivity index (χ0n) is 33.0. The van der Waals surface area contributed by atoms with E-state index in [4.69, 9.17) is 9.05 Å². The lowest BCUT2D eigenvalue weighted by atomic mass is 9.97. The van der Waals surface area contributed by atoms with Crippen LogP contribution in [0.15, 0.2) is 116 Å². The van der Waals surface area contributed by atoms with Gasteiger partial charge in [0.15, 0.2) is 5.78 Å². The van der Waals surface area contributed by atoms with Crippen LogP contribution >= 0.6 is 7.60 Å². The molecule has 3 heterocycles. The molecule has 2 aliphatic rings. The van der Waals surface area contributed by atoms with Crippen molar-refractivity contribution >= 4 is 42.1 Å². The predicted octanol–water partition coefficient (Wildman–Crippen LogP) is 6.63. The number of nitrogens with one attached hydrogen (secondary N) is 1. The smallest absolute Gasteiger partial charge is 0.375 e. The number of ketones is 1. The second kappa shape index (κ2) is 16.8. The molecule has 0 saturated carbocycles. The molecule has 1 aromatic heterocycles. The number of hydrogen-bond acceptors (Lipinski definition) is 8. The van der Waals surface area contributed by atoms with Crippen LogP contribution in [0.1, 0.15) is 34.0 Å². The molecule has 3 unspecified atom stereocenters. The summed E-state index contributed by atoms with van der Waals surface area (Å²) in [6, 6.07) is 28.6. The zero-order chi connectivity index (χ0) is 41.1. The average molecular weight is 803 g/mol. The van der Waals surface area contributed by atoms with Gasteiger partial charge in [0, 0.05) is 69.6 Å². The van der Waals surface area contributed by atoms with Gasteiger partial charge >= 0.3 is 13.6 Å². The van der Waals surface area contributed by atoms with Crippen LogP contribution in [-0.4, -0.2) is 93.6 Å². The number of hydrazine groups is 1. The normalized spacial score (nSPS) is 18.2. The van der Waals surface area contributed by atoms with Crippen molar-refractivity contribution in [3.05, 3.63) is 138 Å². The van der Waals surface area contributed by atoms with Crippen molar-refractivity contribution in [3.63, 3.8) is 0 Å². The molecule has 2 fully saturated rings. The van der Waals surface area contributed by atoms with Crippen molar-refractivity contribution < 1.29 is 32.8 Å². The summed E-state index contributed by atoms with van der Waals surface area (Å²) in [6.07, 6.45) is 3.01. The Bertz CT molecular complexity index is 2400. The quantitative estimate of drug-likeness (QED) is 0.0797. The topological polar surface area (TPSA) is 134 Å². The monoisotopic (exact) mass is 802 g/mol.